The van der Waals surface area contributed by atoms with Crippen molar-refractivity contribution in [1.29, 1.82) is 5.26 Å². The highest BCUT2D eigenvalue weighted by Crippen LogP contribution is 1.91. The van der Waals surface area contributed by atoms with Crippen molar-refractivity contribution in [3.8, 4) is 5.40 Å². The molecule has 0 aromatic rings. The minimum atomic E-state index is 1.14. The molecule has 10 heavy (non-hydrogen) atoms. The molecule has 3 heteroatoms. The fraction of sp³-hybridized carbons (Fsp3) is 0.857. The van der Waals surface area contributed by atoms with Gasteiger partial charge in [0, 0.05) is 0 Å². The van der Waals surface area contributed by atoms with Crippen molar-refractivity contribution >= 4 is 12.6 Å². The van der Waals surface area contributed by atoms with Crippen LogP contribution in [0, 0.1) is 10.7 Å². The van der Waals surface area contributed by atoms with E-state index in [1.807, 2.05) is 0 Å². The molecule has 2 nitrogen and oxygen atoms in total. The van der Waals surface area contributed by atoms with Crippen molar-refractivity contribution < 1.29 is 4.48 Å². The molecule has 0 radical (unpaired) electrons. The van der Waals surface area contributed by atoms with Gasteiger partial charge < -0.3 is 17.1 Å². The zero-order valence-electron chi connectivity index (χ0n) is 7.22. The molecular weight excluding hydrogens is 144 g/mol. The Morgan fingerprint density at radius 1 is 1.30 bits per heavy atom. The van der Waals surface area contributed by atoms with E-state index in [0.29, 0.717) is 0 Å². The largest absolute Gasteiger partial charge is 0.696 e. The van der Waals surface area contributed by atoms with E-state index in [2.05, 4.69) is 40.6 Å². The van der Waals surface area contributed by atoms with Gasteiger partial charge in [0.05, 0.1) is 27.2 Å². The van der Waals surface area contributed by atoms with Crippen molar-refractivity contribution in [2.45, 2.75) is 13.8 Å². The van der Waals surface area contributed by atoms with E-state index < -0.39 is 0 Å². The molecule has 0 atom stereocenters. The molecule has 0 saturated carbocycles. The maximum absolute atomic E-state index is 7.13. The number of hydrogen-bond donors (Lipinski definition) is 0. The van der Waals surface area contributed by atoms with Crippen molar-refractivity contribution in [3.05, 3.63) is 0 Å². The van der Waals surface area contributed by atoms with Gasteiger partial charge in [-0.25, -0.2) is 5.26 Å². The fourth-order valence-corrected chi connectivity index (χ4v) is 0.224. The first kappa shape index (κ1) is 12.4. The molecule has 0 aliphatic heterocycles. The normalized spacial score (nSPS) is 9.10. The smallest absolute Gasteiger partial charge is 0.0753 e. The zero-order chi connectivity index (χ0) is 8.62. The molecule has 0 heterocycles. The second kappa shape index (κ2) is 6.79. The van der Waals surface area contributed by atoms with Gasteiger partial charge in [-0.2, -0.15) is 0 Å². The van der Waals surface area contributed by atoms with E-state index in [1.54, 1.807) is 0 Å². The summed E-state index contributed by atoms with van der Waals surface area (Å²) in [7, 11) is 4.47. The van der Waals surface area contributed by atoms with Gasteiger partial charge in [-0.1, -0.05) is 5.40 Å². The minimum Gasteiger partial charge on any atom is -0.696 e. The molecule has 0 fully saturated rings. The van der Waals surface area contributed by atoms with Crippen LogP contribution >= 0.6 is 0 Å². The van der Waals surface area contributed by atoms with E-state index in [4.69, 9.17) is 5.26 Å². The van der Waals surface area contributed by atoms with Crippen molar-refractivity contribution in [2.75, 3.05) is 27.2 Å². The molecule has 0 aliphatic carbocycles. The highest BCUT2D eigenvalue weighted by atomic mass is 32.1. The van der Waals surface area contributed by atoms with Crippen molar-refractivity contribution in [1.82, 2.24) is 0 Å². The number of nitrogens with zero attached hydrogens (tertiary/aromatic N) is 2. The van der Waals surface area contributed by atoms with E-state index in [1.165, 1.54) is 18.5 Å². The summed E-state index contributed by atoms with van der Waals surface area (Å²) in [6.07, 6.45) is 0. The lowest BCUT2D eigenvalue weighted by Gasteiger charge is -2.25. The summed E-state index contributed by atoms with van der Waals surface area (Å²) in [4.78, 5) is 0. The summed E-state index contributed by atoms with van der Waals surface area (Å²) in [5.74, 6) is 0. The SMILES string of the molecule is CC[N+](C)(C)CC.N#C[S-]. The van der Waals surface area contributed by atoms with Gasteiger partial charge in [0.1, 0.15) is 0 Å². The highest BCUT2D eigenvalue weighted by Gasteiger charge is 2.04. The summed E-state index contributed by atoms with van der Waals surface area (Å²) >= 11 is 3.70. The Kier molecular flexibility index (Phi) is 8.38. The molecule has 60 valence electrons. The molecule has 0 rings (SSSR count). The van der Waals surface area contributed by atoms with Crippen LogP contribution in [0.2, 0.25) is 0 Å². The number of hydrogen-bond acceptors (Lipinski definition) is 2. The number of nitriles is 1. The Morgan fingerprint density at radius 3 is 1.50 bits per heavy atom. The monoisotopic (exact) mass is 160 g/mol. The summed E-state index contributed by atoms with van der Waals surface area (Å²) in [5.41, 5.74) is 0. The Hall–Kier alpha value is -0.330. The van der Waals surface area contributed by atoms with Crippen LogP contribution in [0.3, 0.4) is 0 Å². The summed E-state index contributed by atoms with van der Waals surface area (Å²) < 4.78 is 1.14. The molecule has 0 aromatic carbocycles. The third-order valence-corrected chi connectivity index (χ3v) is 1.71. The molecule has 0 spiro atoms. The summed E-state index contributed by atoms with van der Waals surface area (Å²) in [6.45, 7) is 6.89. The van der Waals surface area contributed by atoms with Gasteiger partial charge >= 0.3 is 0 Å². The molecule has 0 amide bonds. The lowest BCUT2D eigenvalue weighted by molar-refractivity contribution is -0.886. The third-order valence-electron chi connectivity index (χ3n) is 1.71. The van der Waals surface area contributed by atoms with Gasteiger partial charge in [-0.15, -0.1) is 0 Å². The van der Waals surface area contributed by atoms with Crippen LogP contribution in [0.4, 0.5) is 0 Å². The van der Waals surface area contributed by atoms with Crippen LogP contribution in [0.25, 0.3) is 0 Å². The topological polar surface area (TPSA) is 23.8 Å². The number of quaternary nitrogens is 1. The fourth-order valence-electron chi connectivity index (χ4n) is 0.224. The Bertz CT molecular complexity index is 98.7. The zero-order valence-corrected chi connectivity index (χ0v) is 8.03. The van der Waals surface area contributed by atoms with Crippen LogP contribution in [0.5, 0.6) is 0 Å². The first-order valence-corrected chi connectivity index (χ1v) is 3.78. The van der Waals surface area contributed by atoms with Gasteiger partial charge in [0.25, 0.3) is 0 Å². The second-order valence-corrected chi connectivity index (χ2v) is 2.84. The quantitative estimate of drug-likeness (QED) is 0.343. The third kappa shape index (κ3) is 10.6. The van der Waals surface area contributed by atoms with E-state index in [0.717, 1.165) is 4.48 Å². The first-order valence-electron chi connectivity index (χ1n) is 3.37. The summed E-state index contributed by atoms with van der Waals surface area (Å²) in [6, 6.07) is 0. The van der Waals surface area contributed by atoms with Crippen LogP contribution in [0.1, 0.15) is 13.8 Å². The maximum Gasteiger partial charge on any atom is 0.0753 e. The summed E-state index contributed by atoms with van der Waals surface area (Å²) in [5, 5.41) is 8.47. The van der Waals surface area contributed by atoms with Gasteiger partial charge in [0.15, 0.2) is 0 Å². The minimum absolute atomic E-state index is 1.14. The maximum atomic E-state index is 7.13. The number of thiocyanates is 1. The number of rotatable bonds is 2. The Morgan fingerprint density at radius 2 is 1.50 bits per heavy atom. The standard InChI is InChI=1S/C6H16N.CHNS/c1-5-7(3,4)6-2;2-1-3/h5-6H2,1-4H3;3H/q+1;/p-1. The average Bonchev–Trinajstić information content (AvgIpc) is 1.90. The van der Waals surface area contributed by atoms with Crippen molar-refractivity contribution in [3.63, 3.8) is 0 Å². The first-order chi connectivity index (χ1) is 4.54. The van der Waals surface area contributed by atoms with Crippen LogP contribution in [-0.2, 0) is 12.6 Å². The predicted octanol–water partition coefficient (Wildman–Crippen LogP) is 1.12. The molecule has 0 N–H and O–H groups in total. The molecule has 0 aliphatic rings. The average molecular weight is 160 g/mol. The molecular formula is C7H16N2S. The van der Waals surface area contributed by atoms with Crippen LogP contribution < -0.4 is 0 Å². The molecule has 0 unspecified atom stereocenters. The van der Waals surface area contributed by atoms with E-state index in [-0.39, 0.29) is 0 Å². The molecule has 0 bridgehead atoms. The molecule has 0 aromatic heterocycles. The Balaban J connectivity index is 0. The highest BCUT2D eigenvalue weighted by molar-refractivity contribution is 7.64. The van der Waals surface area contributed by atoms with Gasteiger partial charge in [0.2, 0.25) is 0 Å². The Labute approximate surface area is 69.5 Å². The molecule has 0 saturated heterocycles. The van der Waals surface area contributed by atoms with Crippen LogP contribution in [0.15, 0.2) is 0 Å². The van der Waals surface area contributed by atoms with E-state index in [9.17, 15) is 0 Å². The van der Waals surface area contributed by atoms with Crippen LogP contribution in [-0.4, -0.2) is 31.7 Å². The predicted molar refractivity (Wildman–Crippen MR) is 46.2 cm³/mol. The van der Waals surface area contributed by atoms with Gasteiger partial charge in [-0.3, -0.25) is 0 Å². The van der Waals surface area contributed by atoms with Crippen molar-refractivity contribution in [2.24, 2.45) is 0 Å². The second-order valence-electron chi connectivity index (χ2n) is 2.66. The van der Waals surface area contributed by atoms with Gasteiger partial charge in [-0.05, 0) is 13.8 Å². The lowest BCUT2D eigenvalue weighted by Crippen LogP contribution is -2.38. The lowest BCUT2D eigenvalue weighted by atomic mass is 10.5. The van der Waals surface area contributed by atoms with E-state index >= 15 is 0 Å².